The average Bonchev–Trinajstić information content (AvgIpc) is 2.84. The lowest BCUT2D eigenvalue weighted by molar-refractivity contribution is -0.131. The Morgan fingerprint density at radius 2 is 1.09 bits per heavy atom. The van der Waals surface area contributed by atoms with Gasteiger partial charge in [-0.25, -0.2) is 19.2 Å². The number of carbonyl (C=O) groups is 4. The minimum Gasteiger partial charge on any atom is -0.423 e. The van der Waals surface area contributed by atoms with E-state index in [0.29, 0.717) is 11.1 Å². The number of benzene rings is 2. The van der Waals surface area contributed by atoms with E-state index in [1.54, 1.807) is 24.3 Å². The smallest absolute Gasteiger partial charge is 0.335 e. The van der Waals surface area contributed by atoms with Crippen molar-refractivity contribution in [2.24, 2.45) is 0 Å². The van der Waals surface area contributed by atoms with Crippen molar-refractivity contribution in [1.82, 2.24) is 0 Å². The standard InChI is InChI=1S/C26H20O8/c1-5-23(27)31-19-13-12-18(21(16-19)33-25(29)7-3)11-9-17-10-14-20(32-24(28)6-2)22(15-17)34-26(30)8-4/h5-16H,1-4H2/b11-9+. The summed E-state index contributed by atoms with van der Waals surface area (Å²) in [4.78, 5) is 46.4. The lowest BCUT2D eigenvalue weighted by Crippen LogP contribution is -2.08. The van der Waals surface area contributed by atoms with E-state index in [1.165, 1.54) is 24.3 Å². The van der Waals surface area contributed by atoms with Crippen LogP contribution >= 0.6 is 0 Å². The minimum absolute atomic E-state index is 0.00578. The highest BCUT2D eigenvalue weighted by Crippen LogP contribution is 2.31. The second kappa shape index (κ2) is 12.2. The van der Waals surface area contributed by atoms with Crippen molar-refractivity contribution < 1.29 is 38.1 Å². The van der Waals surface area contributed by atoms with Crippen molar-refractivity contribution in [1.29, 1.82) is 0 Å². The van der Waals surface area contributed by atoms with Gasteiger partial charge in [0.25, 0.3) is 0 Å². The largest absolute Gasteiger partial charge is 0.423 e. The first kappa shape index (κ1) is 25.3. The highest BCUT2D eigenvalue weighted by atomic mass is 16.6. The van der Waals surface area contributed by atoms with E-state index in [0.717, 1.165) is 24.3 Å². The Kier molecular flexibility index (Phi) is 9.04. The summed E-state index contributed by atoms with van der Waals surface area (Å²) in [6.07, 6.45) is 7.14. The van der Waals surface area contributed by atoms with Crippen LogP contribution in [-0.4, -0.2) is 23.9 Å². The fraction of sp³-hybridized carbons (Fsp3) is 0. The maximum Gasteiger partial charge on any atom is 0.335 e. The molecule has 0 radical (unpaired) electrons. The van der Waals surface area contributed by atoms with Gasteiger partial charge in [-0.3, -0.25) is 0 Å². The van der Waals surface area contributed by atoms with Gasteiger partial charge >= 0.3 is 23.9 Å². The fourth-order valence-electron chi connectivity index (χ4n) is 2.39. The van der Waals surface area contributed by atoms with E-state index in [-0.39, 0.29) is 23.0 Å². The Balaban J connectivity index is 2.42. The molecule has 0 saturated carbocycles. The molecule has 2 rings (SSSR count). The third-order valence-corrected chi connectivity index (χ3v) is 3.92. The normalized spacial score (nSPS) is 10.0. The molecule has 0 aromatic heterocycles. The van der Waals surface area contributed by atoms with Crippen LogP contribution in [0.15, 0.2) is 87.0 Å². The summed E-state index contributed by atoms with van der Waals surface area (Å²) in [6, 6.07) is 8.91. The molecule has 0 N–H and O–H groups in total. The van der Waals surface area contributed by atoms with Gasteiger partial charge in [-0.15, -0.1) is 0 Å². The molecule has 0 unspecified atom stereocenters. The van der Waals surface area contributed by atoms with Crippen LogP contribution in [0.4, 0.5) is 0 Å². The van der Waals surface area contributed by atoms with E-state index >= 15 is 0 Å². The molecule has 2 aromatic rings. The van der Waals surface area contributed by atoms with Crippen LogP contribution < -0.4 is 18.9 Å². The molecule has 8 nitrogen and oxygen atoms in total. The predicted molar refractivity (Wildman–Crippen MR) is 125 cm³/mol. The lowest BCUT2D eigenvalue weighted by Gasteiger charge is -2.10. The summed E-state index contributed by atoms with van der Waals surface area (Å²) in [7, 11) is 0. The third kappa shape index (κ3) is 7.31. The molecule has 0 atom stereocenters. The van der Waals surface area contributed by atoms with E-state index in [1.807, 2.05) is 0 Å². The van der Waals surface area contributed by atoms with Crippen molar-refractivity contribution in [2.45, 2.75) is 0 Å². The van der Waals surface area contributed by atoms with Gasteiger partial charge in [0.2, 0.25) is 0 Å². The summed E-state index contributed by atoms with van der Waals surface area (Å²) in [5, 5.41) is 0. The molecule has 0 aliphatic carbocycles. The number of ether oxygens (including phenoxy) is 4. The molecule has 0 amide bonds. The van der Waals surface area contributed by atoms with Crippen LogP contribution in [0, 0.1) is 0 Å². The van der Waals surface area contributed by atoms with E-state index < -0.39 is 23.9 Å². The van der Waals surface area contributed by atoms with Crippen LogP contribution in [-0.2, 0) is 19.2 Å². The first-order valence-corrected chi connectivity index (χ1v) is 9.62. The van der Waals surface area contributed by atoms with Crippen molar-refractivity contribution in [3.8, 4) is 23.0 Å². The molecular weight excluding hydrogens is 440 g/mol. The third-order valence-electron chi connectivity index (χ3n) is 3.92. The molecular formula is C26H20O8. The average molecular weight is 460 g/mol. The highest BCUT2D eigenvalue weighted by Gasteiger charge is 2.13. The molecule has 0 bridgehead atoms. The second-order valence-electron chi connectivity index (χ2n) is 6.24. The number of hydrogen-bond donors (Lipinski definition) is 0. The van der Waals surface area contributed by atoms with Gasteiger partial charge in [0.05, 0.1) is 0 Å². The number of carbonyl (C=O) groups excluding carboxylic acids is 4. The van der Waals surface area contributed by atoms with E-state index in [9.17, 15) is 19.2 Å². The van der Waals surface area contributed by atoms with Crippen LogP contribution in [0.25, 0.3) is 12.2 Å². The lowest BCUT2D eigenvalue weighted by atomic mass is 10.1. The SMILES string of the molecule is C=CC(=O)Oc1ccc(/C=C/c2ccc(OC(=O)C=C)c(OC(=O)C=C)c2)c(OC(=O)C=C)c1. The summed E-state index contributed by atoms with van der Waals surface area (Å²) in [5.41, 5.74) is 1.01. The molecule has 0 fully saturated rings. The Hall–Kier alpha value is -4.98. The Morgan fingerprint density at radius 1 is 0.559 bits per heavy atom. The second-order valence-corrected chi connectivity index (χ2v) is 6.24. The summed E-state index contributed by atoms with van der Waals surface area (Å²) >= 11 is 0. The fourth-order valence-corrected chi connectivity index (χ4v) is 2.39. The first-order chi connectivity index (χ1) is 16.3. The molecule has 0 spiro atoms. The van der Waals surface area contributed by atoms with Gasteiger partial charge in [0.1, 0.15) is 11.5 Å². The van der Waals surface area contributed by atoms with Crippen LogP contribution in [0.2, 0.25) is 0 Å². The first-order valence-electron chi connectivity index (χ1n) is 9.62. The van der Waals surface area contributed by atoms with Gasteiger partial charge in [-0.05, 0) is 29.8 Å². The van der Waals surface area contributed by atoms with Crippen molar-refractivity contribution in [3.63, 3.8) is 0 Å². The van der Waals surface area contributed by atoms with Crippen molar-refractivity contribution in [2.75, 3.05) is 0 Å². The zero-order valence-electron chi connectivity index (χ0n) is 18.0. The molecule has 172 valence electrons. The zero-order chi connectivity index (χ0) is 25.1. The predicted octanol–water partition coefficient (Wildman–Crippen LogP) is 4.22. The molecule has 0 heterocycles. The maximum absolute atomic E-state index is 11.7. The summed E-state index contributed by atoms with van der Waals surface area (Å²) < 4.78 is 20.5. The molecule has 0 aliphatic heterocycles. The van der Waals surface area contributed by atoms with Crippen LogP contribution in [0.5, 0.6) is 23.0 Å². The topological polar surface area (TPSA) is 105 Å². The summed E-state index contributed by atoms with van der Waals surface area (Å²) in [5.74, 6) is -2.65. The molecule has 0 saturated heterocycles. The van der Waals surface area contributed by atoms with Crippen LogP contribution in [0.3, 0.4) is 0 Å². The van der Waals surface area contributed by atoms with Crippen molar-refractivity contribution >= 4 is 36.0 Å². The summed E-state index contributed by atoms with van der Waals surface area (Å²) in [6.45, 7) is 13.3. The van der Waals surface area contributed by atoms with E-state index in [2.05, 4.69) is 26.3 Å². The molecule has 8 heteroatoms. The Bertz CT molecular complexity index is 1200. The maximum atomic E-state index is 11.7. The van der Waals surface area contributed by atoms with Gasteiger partial charge in [-0.2, -0.15) is 0 Å². The van der Waals surface area contributed by atoms with Crippen LogP contribution in [0.1, 0.15) is 11.1 Å². The van der Waals surface area contributed by atoms with Gasteiger partial charge < -0.3 is 18.9 Å². The quantitative estimate of drug-likeness (QED) is 0.225. The van der Waals surface area contributed by atoms with E-state index in [4.69, 9.17) is 18.9 Å². The number of rotatable bonds is 10. The molecule has 0 aliphatic rings. The minimum atomic E-state index is -0.750. The van der Waals surface area contributed by atoms with Crippen molar-refractivity contribution in [3.05, 3.63) is 98.1 Å². The van der Waals surface area contributed by atoms with Gasteiger partial charge in [0, 0.05) is 35.9 Å². The number of esters is 4. The Morgan fingerprint density at radius 3 is 1.68 bits per heavy atom. The molecule has 34 heavy (non-hydrogen) atoms. The number of hydrogen-bond acceptors (Lipinski definition) is 8. The highest BCUT2D eigenvalue weighted by molar-refractivity contribution is 5.87. The zero-order valence-corrected chi connectivity index (χ0v) is 18.0. The van der Waals surface area contributed by atoms with Gasteiger partial charge in [-0.1, -0.05) is 44.5 Å². The Labute approximate surface area is 195 Å². The molecule has 2 aromatic carbocycles. The monoisotopic (exact) mass is 460 g/mol. The van der Waals surface area contributed by atoms with Gasteiger partial charge in [0.15, 0.2) is 11.5 Å².